The molecule has 25 heavy (non-hydrogen) atoms. The van der Waals surface area contributed by atoms with Crippen LogP contribution in [-0.2, 0) is 15.4 Å². The largest absolute Gasteiger partial charge is 0.506 e. The van der Waals surface area contributed by atoms with E-state index in [0.29, 0.717) is 5.56 Å². The third kappa shape index (κ3) is 4.20. The second-order valence-corrected chi connectivity index (χ2v) is 8.34. The van der Waals surface area contributed by atoms with Crippen LogP contribution in [0.3, 0.4) is 0 Å². The van der Waals surface area contributed by atoms with Gasteiger partial charge in [-0.2, -0.15) is 0 Å². The highest BCUT2D eigenvalue weighted by molar-refractivity contribution is 7.92. The summed E-state index contributed by atoms with van der Waals surface area (Å²) >= 11 is 0. The van der Waals surface area contributed by atoms with Crippen molar-refractivity contribution in [3.05, 3.63) is 53.6 Å². The van der Waals surface area contributed by atoms with E-state index in [4.69, 9.17) is 0 Å². The molecule has 5 nitrogen and oxygen atoms in total. The Bertz CT molecular complexity index is 884. The molecule has 0 bridgehead atoms. The van der Waals surface area contributed by atoms with Gasteiger partial charge in [-0.3, -0.25) is 9.52 Å². The average molecular weight is 361 g/mol. The molecule has 0 radical (unpaired) electrons. The number of hydrogen-bond donors (Lipinski definition) is 2. The van der Waals surface area contributed by atoms with Gasteiger partial charge in [0.2, 0.25) is 0 Å². The third-order valence-corrected chi connectivity index (χ3v) is 5.86. The van der Waals surface area contributed by atoms with Crippen molar-refractivity contribution in [1.29, 1.82) is 0 Å². The number of ketones is 1. The van der Waals surface area contributed by atoms with Gasteiger partial charge in [0, 0.05) is 5.56 Å². The standard InChI is InChI=1S/C19H23NO4S/c1-5-19(3,4)15-8-11-18(22)17(12-15)20-25(23,24)16-9-6-14(7-10-16)13(2)21/h6-12,20,22H,5H2,1-4H3. The summed E-state index contributed by atoms with van der Waals surface area (Å²) in [5, 5.41) is 10.0. The zero-order valence-corrected chi connectivity index (χ0v) is 15.6. The number of aromatic hydroxyl groups is 1. The molecular weight excluding hydrogens is 338 g/mol. The second kappa shape index (κ2) is 6.88. The summed E-state index contributed by atoms with van der Waals surface area (Å²) in [6, 6.07) is 10.6. The van der Waals surface area contributed by atoms with Crippen LogP contribution in [0.1, 0.15) is 50.0 Å². The minimum absolute atomic E-state index is 0.0251. The van der Waals surface area contributed by atoms with E-state index >= 15 is 0 Å². The third-order valence-electron chi connectivity index (χ3n) is 4.48. The SMILES string of the molecule is CCC(C)(C)c1ccc(O)c(NS(=O)(=O)c2ccc(C(C)=O)cc2)c1. The van der Waals surface area contributed by atoms with Crippen molar-refractivity contribution in [2.24, 2.45) is 0 Å². The minimum atomic E-state index is -3.87. The fourth-order valence-corrected chi connectivity index (χ4v) is 3.38. The van der Waals surface area contributed by atoms with E-state index in [-0.39, 0.29) is 27.5 Å². The number of anilines is 1. The Kier molecular flexibility index (Phi) is 5.23. The smallest absolute Gasteiger partial charge is 0.262 e. The van der Waals surface area contributed by atoms with Gasteiger partial charge in [-0.05, 0) is 48.6 Å². The lowest BCUT2D eigenvalue weighted by Crippen LogP contribution is -2.17. The second-order valence-electron chi connectivity index (χ2n) is 6.66. The van der Waals surface area contributed by atoms with E-state index in [2.05, 4.69) is 18.6 Å². The molecular formula is C19H23NO4S. The fraction of sp³-hybridized carbons (Fsp3) is 0.316. The predicted molar refractivity (Wildman–Crippen MR) is 98.7 cm³/mol. The number of sulfonamides is 1. The lowest BCUT2D eigenvalue weighted by molar-refractivity contribution is 0.101. The number of hydrogen-bond acceptors (Lipinski definition) is 4. The molecule has 134 valence electrons. The summed E-state index contributed by atoms with van der Waals surface area (Å²) in [7, 11) is -3.87. The summed E-state index contributed by atoms with van der Waals surface area (Å²) in [6.07, 6.45) is 0.872. The molecule has 0 heterocycles. The van der Waals surface area contributed by atoms with Crippen molar-refractivity contribution in [3.63, 3.8) is 0 Å². The highest BCUT2D eigenvalue weighted by Crippen LogP contribution is 2.34. The summed E-state index contributed by atoms with van der Waals surface area (Å²) in [6.45, 7) is 7.57. The topological polar surface area (TPSA) is 83.5 Å². The normalized spacial score (nSPS) is 12.0. The number of phenols is 1. The van der Waals surface area contributed by atoms with E-state index in [0.717, 1.165) is 12.0 Å². The van der Waals surface area contributed by atoms with Gasteiger partial charge < -0.3 is 5.11 Å². The Hall–Kier alpha value is -2.34. The van der Waals surface area contributed by atoms with Crippen molar-refractivity contribution >= 4 is 21.5 Å². The lowest BCUT2D eigenvalue weighted by Gasteiger charge is -2.24. The van der Waals surface area contributed by atoms with Gasteiger partial charge in [-0.1, -0.05) is 39.0 Å². The molecule has 0 fully saturated rings. The summed E-state index contributed by atoms with van der Waals surface area (Å²) in [5.74, 6) is -0.274. The van der Waals surface area contributed by atoms with Crippen molar-refractivity contribution in [2.45, 2.75) is 44.4 Å². The Morgan fingerprint density at radius 1 is 1.12 bits per heavy atom. The van der Waals surface area contributed by atoms with Crippen LogP contribution in [0.5, 0.6) is 5.75 Å². The maximum Gasteiger partial charge on any atom is 0.262 e. The molecule has 0 atom stereocenters. The molecule has 0 aliphatic carbocycles. The van der Waals surface area contributed by atoms with E-state index in [1.54, 1.807) is 12.1 Å². The van der Waals surface area contributed by atoms with Crippen LogP contribution in [0.4, 0.5) is 5.69 Å². The molecule has 0 spiro atoms. The van der Waals surface area contributed by atoms with Crippen LogP contribution in [0.2, 0.25) is 0 Å². The monoisotopic (exact) mass is 361 g/mol. The van der Waals surface area contributed by atoms with Crippen LogP contribution in [0, 0.1) is 0 Å². The number of nitrogens with one attached hydrogen (secondary N) is 1. The zero-order valence-electron chi connectivity index (χ0n) is 14.8. The molecule has 0 saturated heterocycles. The summed E-state index contributed by atoms with van der Waals surface area (Å²) in [4.78, 5) is 11.3. The van der Waals surface area contributed by atoms with Gasteiger partial charge in [0.1, 0.15) is 5.75 Å². The molecule has 0 aliphatic rings. The quantitative estimate of drug-likeness (QED) is 0.600. The van der Waals surface area contributed by atoms with Crippen LogP contribution in [0.25, 0.3) is 0 Å². The molecule has 2 N–H and O–H groups in total. The number of benzene rings is 2. The summed E-state index contributed by atoms with van der Waals surface area (Å²) in [5.41, 5.74) is 1.36. The average Bonchev–Trinajstić information content (AvgIpc) is 2.56. The zero-order chi connectivity index (χ0) is 18.8. The number of rotatable bonds is 6. The highest BCUT2D eigenvalue weighted by atomic mass is 32.2. The van der Waals surface area contributed by atoms with Crippen molar-refractivity contribution in [3.8, 4) is 5.75 Å². The van der Waals surface area contributed by atoms with Crippen LogP contribution in [-0.4, -0.2) is 19.3 Å². The first kappa shape index (κ1) is 19.0. The fourth-order valence-electron chi connectivity index (χ4n) is 2.32. The number of carbonyl (C=O) groups is 1. The van der Waals surface area contributed by atoms with Crippen LogP contribution in [0.15, 0.2) is 47.4 Å². The van der Waals surface area contributed by atoms with E-state index in [1.807, 2.05) is 6.92 Å². The molecule has 0 aromatic heterocycles. The van der Waals surface area contributed by atoms with Crippen LogP contribution >= 0.6 is 0 Å². The Morgan fingerprint density at radius 2 is 1.72 bits per heavy atom. The maximum atomic E-state index is 12.6. The van der Waals surface area contributed by atoms with Gasteiger partial charge in [0.25, 0.3) is 10.0 Å². The first-order valence-corrected chi connectivity index (χ1v) is 9.52. The molecule has 0 amide bonds. The van der Waals surface area contributed by atoms with Gasteiger partial charge in [0.05, 0.1) is 10.6 Å². The molecule has 2 rings (SSSR count). The van der Waals surface area contributed by atoms with Gasteiger partial charge in [0.15, 0.2) is 5.78 Å². The van der Waals surface area contributed by atoms with Gasteiger partial charge in [-0.25, -0.2) is 8.42 Å². The highest BCUT2D eigenvalue weighted by Gasteiger charge is 2.22. The molecule has 2 aromatic carbocycles. The van der Waals surface area contributed by atoms with Crippen molar-refractivity contribution in [2.75, 3.05) is 4.72 Å². The first-order chi connectivity index (χ1) is 11.6. The Labute approximate surface area is 148 Å². The number of Topliss-reactive ketones (excluding diaryl/α,β-unsaturated/α-hetero) is 1. The Morgan fingerprint density at radius 3 is 2.24 bits per heavy atom. The predicted octanol–water partition coefficient (Wildman–Crippen LogP) is 4.08. The number of phenolic OH excluding ortho intramolecular Hbond substituents is 1. The van der Waals surface area contributed by atoms with E-state index < -0.39 is 10.0 Å². The molecule has 0 saturated carbocycles. The number of carbonyl (C=O) groups excluding carboxylic acids is 1. The first-order valence-electron chi connectivity index (χ1n) is 8.04. The van der Waals surface area contributed by atoms with Crippen molar-refractivity contribution < 1.29 is 18.3 Å². The van der Waals surface area contributed by atoms with E-state index in [1.165, 1.54) is 37.3 Å². The van der Waals surface area contributed by atoms with Gasteiger partial charge >= 0.3 is 0 Å². The van der Waals surface area contributed by atoms with E-state index in [9.17, 15) is 18.3 Å². The van der Waals surface area contributed by atoms with Gasteiger partial charge in [-0.15, -0.1) is 0 Å². The minimum Gasteiger partial charge on any atom is -0.506 e. The molecule has 2 aromatic rings. The molecule has 0 aliphatic heterocycles. The van der Waals surface area contributed by atoms with Crippen molar-refractivity contribution in [1.82, 2.24) is 0 Å². The Balaban J connectivity index is 2.37. The maximum absolute atomic E-state index is 12.6. The summed E-state index contributed by atoms with van der Waals surface area (Å²) < 4.78 is 27.5. The molecule has 6 heteroatoms. The molecule has 0 unspecified atom stereocenters. The van der Waals surface area contributed by atoms with Crippen LogP contribution < -0.4 is 4.72 Å². The lowest BCUT2D eigenvalue weighted by atomic mass is 9.82.